The van der Waals surface area contributed by atoms with Crippen molar-refractivity contribution in [3.8, 4) is 0 Å². The fraction of sp³-hybridized carbons (Fsp3) is 0.389. The molecule has 30 heavy (non-hydrogen) atoms. The van der Waals surface area contributed by atoms with Crippen LogP contribution in [0.5, 0.6) is 0 Å². The second-order valence-corrected chi connectivity index (χ2v) is 7.67. The fourth-order valence-corrected chi connectivity index (χ4v) is 2.72. The van der Waals surface area contributed by atoms with E-state index in [0.717, 1.165) is 12.1 Å². The summed E-state index contributed by atoms with van der Waals surface area (Å²) in [6.45, 7) is 5.20. The maximum atomic E-state index is 13.6. The Balaban J connectivity index is 2.06. The normalized spacial score (nSPS) is 12.3. The minimum Gasteiger partial charge on any atom is -0.354 e. The first-order chi connectivity index (χ1) is 13.8. The maximum absolute atomic E-state index is 13.6. The third-order valence-corrected chi connectivity index (χ3v) is 4.24. The highest BCUT2D eigenvalue weighted by molar-refractivity contribution is 6.07. The molecule has 0 radical (unpaired) electrons. The SMILES string of the molecule is CNC(=O)c1nn(C)cc1NC(=O)c1cc2nc(C(C)(C)C)cc(C(F)(F)F)n2n1. The number of carbonyl (C=O) groups is 2. The summed E-state index contributed by atoms with van der Waals surface area (Å²) in [4.78, 5) is 28.8. The zero-order valence-electron chi connectivity index (χ0n) is 16.9. The molecule has 2 amide bonds. The Morgan fingerprint density at radius 2 is 1.73 bits per heavy atom. The van der Waals surface area contributed by atoms with Gasteiger partial charge in [0.1, 0.15) is 5.69 Å². The highest BCUT2D eigenvalue weighted by Crippen LogP contribution is 2.32. The number of hydrogen-bond acceptors (Lipinski definition) is 5. The van der Waals surface area contributed by atoms with E-state index >= 15 is 0 Å². The monoisotopic (exact) mass is 423 g/mol. The number of carbonyl (C=O) groups excluding carboxylic acids is 2. The Bertz CT molecular complexity index is 1140. The lowest BCUT2D eigenvalue weighted by Gasteiger charge is -2.19. The molecular formula is C18H20F3N7O2. The van der Waals surface area contributed by atoms with Crippen LogP contribution in [-0.2, 0) is 18.6 Å². The van der Waals surface area contributed by atoms with Crippen molar-refractivity contribution < 1.29 is 22.8 Å². The van der Waals surface area contributed by atoms with Gasteiger partial charge in [-0.25, -0.2) is 9.50 Å². The molecule has 0 saturated heterocycles. The quantitative estimate of drug-likeness (QED) is 0.673. The van der Waals surface area contributed by atoms with Gasteiger partial charge in [-0.05, 0) is 6.07 Å². The van der Waals surface area contributed by atoms with Crippen molar-refractivity contribution in [3.63, 3.8) is 0 Å². The first-order valence-electron chi connectivity index (χ1n) is 8.87. The van der Waals surface area contributed by atoms with Gasteiger partial charge in [0.25, 0.3) is 11.8 Å². The van der Waals surface area contributed by atoms with Crippen molar-refractivity contribution in [3.05, 3.63) is 41.1 Å². The van der Waals surface area contributed by atoms with Crippen LogP contribution in [0.15, 0.2) is 18.3 Å². The number of halogens is 3. The van der Waals surface area contributed by atoms with Gasteiger partial charge < -0.3 is 10.6 Å². The third kappa shape index (κ3) is 3.98. The Morgan fingerprint density at radius 3 is 2.30 bits per heavy atom. The predicted molar refractivity (Wildman–Crippen MR) is 101 cm³/mol. The van der Waals surface area contributed by atoms with Crippen molar-refractivity contribution in [2.45, 2.75) is 32.4 Å². The Hall–Kier alpha value is -3.44. The standard InChI is InChI=1S/C18H20F3N7O2/c1-17(2,3)11-7-12(18(19,20)21)28-13(24-11)6-9(25-28)15(29)23-10-8-27(5)26-14(10)16(30)22-4/h6-8H,1-5H3,(H,22,30)(H,23,29). The molecule has 9 nitrogen and oxygen atoms in total. The van der Waals surface area contributed by atoms with Crippen LogP contribution < -0.4 is 10.6 Å². The van der Waals surface area contributed by atoms with Gasteiger partial charge in [-0.2, -0.15) is 23.4 Å². The number of anilines is 1. The van der Waals surface area contributed by atoms with Crippen LogP contribution in [0.3, 0.4) is 0 Å². The van der Waals surface area contributed by atoms with Gasteiger partial charge in [0.2, 0.25) is 0 Å². The van der Waals surface area contributed by atoms with Crippen molar-refractivity contribution in [2.75, 3.05) is 12.4 Å². The highest BCUT2D eigenvalue weighted by atomic mass is 19.4. The highest BCUT2D eigenvalue weighted by Gasteiger charge is 2.36. The van der Waals surface area contributed by atoms with E-state index in [4.69, 9.17) is 0 Å². The molecule has 0 aliphatic rings. The Labute approximate surface area is 169 Å². The summed E-state index contributed by atoms with van der Waals surface area (Å²) in [5, 5.41) is 12.6. The van der Waals surface area contributed by atoms with Crippen LogP contribution in [0.1, 0.15) is 53.1 Å². The zero-order valence-corrected chi connectivity index (χ0v) is 16.9. The number of hydrogen-bond donors (Lipinski definition) is 2. The van der Waals surface area contributed by atoms with E-state index < -0.39 is 29.1 Å². The molecule has 0 aliphatic carbocycles. The van der Waals surface area contributed by atoms with E-state index in [1.807, 2.05) is 0 Å². The number of rotatable bonds is 3. The van der Waals surface area contributed by atoms with Crippen molar-refractivity contribution in [2.24, 2.45) is 7.05 Å². The van der Waals surface area contributed by atoms with Gasteiger partial charge in [0, 0.05) is 31.8 Å². The summed E-state index contributed by atoms with van der Waals surface area (Å²) >= 11 is 0. The molecule has 0 aliphatic heterocycles. The molecular weight excluding hydrogens is 403 g/mol. The Kier molecular flexibility index (Phi) is 5.04. The van der Waals surface area contributed by atoms with Crippen molar-refractivity contribution in [1.82, 2.24) is 29.7 Å². The fourth-order valence-electron chi connectivity index (χ4n) is 2.72. The molecule has 0 saturated carbocycles. The lowest BCUT2D eigenvalue weighted by molar-refractivity contribution is -0.142. The lowest BCUT2D eigenvalue weighted by Crippen LogP contribution is -2.22. The van der Waals surface area contributed by atoms with Gasteiger partial charge in [0.15, 0.2) is 17.0 Å². The van der Waals surface area contributed by atoms with Gasteiger partial charge in [0.05, 0.1) is 11.4 Å². The van der Waals surface area contributed by atoms with Crippen LogP contribution in [0.2, 0.25) is 0 Å². The number of aromatic nitrogens is 5. The molecule has 3 aromatic heterocycles. The van der Waals surface area contributed by atoms with Gasteiger partial charge in [-0.15, -0.1) is 0 Å². The van der Waals surface area contributed by atoms with Crippen molar-refractivity contribution >= 4 is 23.1 Å². The topological polar surface area (TPSA) is 106 Å². The van der Waals surface area contributed by atoms with Crippen molar-refractivity contribution in [1.29, 1.82) is 0 Å². The first kappa shape index (κ1) is 21.3. The van der Waals surface area contributed by atoms with E-state index in [1.165, 1.54) is 17.9 Å². The second-order valence-electron chi connectivity index (χ2n) is 7.67. The summed E-state index contributed by atoms with van der Waals surface area (Å²) in [6, 6.07) is 2.09. The number of amides is 2. The minimum atomic E-state index is -4.70. The van der Waals surface area contributed by atoms with Crippen LogP contribution in [0, 0.1) is 0 Å². The van der Waals surface area contributed by atoms with E-state index in [1.54, 1.807) is 27.8 Å². The van der Waals surface area contributed by atoms with Gasteiger partial charge >= 0.3 is 6.18 Å². The number of nitrogens with one attached hydrogen (secondary N) is 2. The maximum Gasteiger partial charge on any atom is 0.433 e. The Morgan fingerprint density at radius 1 is 1.07 bits per heavy atom. The number of fused-ring (bicyclic) bond motifs is 1. The molecule has 0 aromatic carbocycles. The second kappa shape index (κ2) is 7.11. The molecule has 0 atom stereocenters. The summed E-state index contributed by atoms with van der Waals surface area (Å²) < 4.78 is 42.7. The third-order valence-electron chi connectivity index (χ3n) is 4.24. The minimum absolute atomic E-state index is 0.0405. The summed E-state index contributed by atoms with van der Waals surface area (Å²) in [7, 11) is 2.96. The number of nitrogens with zero attached hydrogens (tertiary/aromatic N) is 5. The van der Waals surface area contributed by atoms with Crippen LogP contribution >= 0.6 is 0 Å². The van der Waals surface area contributed by atoms with E-state index in [9.17, 15) is 22.8 Å². The molecule has 2 N–H and O–H groups in total. The molecule has 3 aromatic rings. The summed E-state index contributed by atoms with van der Waals surface area (Å²) in [5.41, 5.74) is -1.82. The predicted octanol–water partition coefficient (Wildman–Crippen LogP) is 2.39. The molecule has 12 heteroatoms. The average molecular weight is 423 g/mol. The zero-order chi connectivity index (χ0) is 22.4. The van der Waals surface area contributed by atoms with Crippen LogP contribution in [0.25, 0.3) is 5.65 Å². The van der Waals surface area contributed by atoms with E-state index in [-0.39, 0.29) is 28.4 Å². The average Bonchev–Trinajstić information content (AvgIpc) is 3.21. The smallest absolute Gasteiger partial charge is 0.354 e. The number of alkyl halides is 3. The van der Waals surface area contributed by atoms with E-state index in [0.29, 0.717) is 4.52 Å². The molecule has 0 fully saturated rings. The van der Waals surface area contributed by atoms with Gasteiger partial charge in [-0.3, -0.25) is 14.3 Å². The van der Waals surface area contributed by atoms with Gasteiger partial charge in [-0.1, -0.05) is 20.8 Å². The van der Waals surface area contributed by atoms with Crippen LogP contribution in [-0.4, -0.2) is 43.2 Å². The summed E-state index contributed by atoms with van der Waals surface area (Å²) in [6.07, 6.45) is -3.30. The van der Waals surface area contributed by atoms with E-state index in [2.05, 4.69) is 25.8 Å². The first-order valence-corrected chi connectivity index (χ1v) is 8.87. The number of aryl methyl sites for hydroxylation is 1. The summed E-state index contributed by atoms with van der Waals surface area (Å²) in [5.74, 6) is -1.33. The molecule has 0 unspecified atom stereocenters. The molecule has 160 valence electrons. The molecule has 3 rings (SSSR count). The molecule has 0 bridgehead atoms. The van der Waals surface area contributed by atoms with Crippen LogP contribution in [0.4, 0.5) is 18.9 Å². The largest absolute Gasteiger partial charge is 0.433 e. The lowest BCUT2D eigenvalue weighted by atomic mass is 9.91. The molecule has 3 heterocycles. The molecule has 0 spiro atoms.